The minimum Gasteiger partial charge on any atom is -0.387 e. The van der Waals surface area contributed by atoms with Crippen LogP contribution in [0.15, 0.2) is 113 Å². The van der Waals surface area contributed by atoms with Gasteiger partial charge in [-0.15, -0.1) is 0 Å². The van der Waals surface area contributed by atoms with E-state index < -0.39 is 309 Å². The highest BCUT2D eigenvalue weighted by atomic mass is 31.2. The van der Waals surface area contributed by atoms with Crippen molar-refractivity contribution in [1.82, 2.24) is 96.8 Å². The Morgan fingerprint density at radius 1 is 0.347 bits per heavy atom. The van der Waals surface area contributed by atoms with Crippen LogP contribution >= 0.6 is 46.9 Å². The molecule has 150 heavy (non-hydrogen) atoms. The molecule has 0 amide bonds. The van der Waals surface area contributed by atoms with Gasteiger partial charge in [-0.2, -0.15) is 19.9 Å². The van der Waals surface area contributed by atoms with Crippen LogP contribution in [-0.2, 0) is 139 Å². The number of ether oxygens (including phenoxy) is 12. The Hall–Kier alpha value is -10.6. The fourth-order valence-corrected chi connectivity index (χ4v) is 23.3. The van der Waals surface area contributed by atoms with Gasteiger partial charge in [0.05, 0.1) is 64.7 Å². The van der Waals surface area contributed by atoms with E-state index >= 15 is 8.78 Å². The molecule has 0 saturated carbocycles. The zero-order valence-corrected chi connectivity index (χ0v) is 83.0. The average Bonchev–Trinajstić information content (AvgIpc) is 1.61. The molecule has 70 nitrogen and oxygen atoms in total. The van der Waals surface area contributed by atoms with Crippen LogP contribution in [0, 0.1) is 0 Å². The molecular formula is C72H93F2N25O45P6. The van der Waals surface area contributed by atoms with Crippen LogP contribution in [0.3, 0.4) is 0 Å². The number of nitrogens with zero attached hydrogens (tertiary/aromatic N) is 16. The van der Waals surface area contributed by atoms with Crippen molar-refractivity contribution < 1.29 is 182 Å². The number of hydrogen-bond donors (Lipinski definition) is 16. The number of imidazole rings is 3. The molecule has 0 aromatic carbocycles. The number of fused-ring (bicyclic) bond motifs is 3. The quantitative estimate of drug-likeness (QED) is 0.0160. The lowest BCUT2D eigenvalue weighted by Gasteiger charge is -2.28. The molecule has 7 aliphatic rings. The zero-order chi connectivity index (χ0) is 108. The Kier molecular flexibility index (Phi) is 32.5. The molecule has 17 rings (SSSR count). The number of aromatic nitrogens is 20. The minimum atomic E-state index is -6.17. The van der Waals surface area contributed by atoms with Crippen LogP contribution in [0.25, 0.3) is 33.5 Å². The van der Waals surface area contributed by atoms with Gasteiger partial charge in [-0.25, -0.2) is 80.3 Å². The van der Waals surface area contributed by atoms with Crippen molar-refractivity contribution in [2.45, 2.75) is 185 Å². The molecule has 7 saturated heterocycles. The molecule has 10 aromatic heterocycles. The number of rotatable bonds is 43. The molecule has 78 heteroatoms. The van der Waals surface area contributed by atoms with E-state index in [-0.39, 0.29) is 63.3 Å². The van der Waals surface area contributed by atoms with E-state index in [1.807, 2.05) is 9.97 Å². The molecule has 0 radical (unpaired) electrons. The van der Waals surface area contributed by atoms with Gasteiger partial charge in [-0.05, 0) is 18.6 Å². The van der Waals surface area contributed by atoms with E-state index in [0.717, 1.165) is 92.0 Å². The number of aliphatic hydroxyl groups excluding tert-OH is 1. The highest BCUT2D eigenvalue weighted by Crippen LogP contribution is 2.59. The molecule has 34 atom stereocenters. The molecule has 21 N–H and O–H groups in total. The first-order valence-corrected chi connectivity index (χ1v) is 52.8. The molecule has 10 aromatic rings. The van der Waals surface area contributed by atoms with Crippen molar-refractivity contribution in [2.75, 3.05) is 104 Å². The summed E-state index contributed by atoms with van der Waals surface area (Å²) in [5.41, 5.74) is 19.4. The standard InChI is InChI=1S/C72H93F2N25O45P6/c1-7-26-45(50(122-3)63(132-26)94-12-8-33(75)85-69(94)105)141-148(115,116)127-18-29-44(38(74)61(135-29)97-23-82-39-54(77)80-22-81-55(39)97)140-146(111,112)130-19-30-46(51(123-4)64(136-30)95-13-9-34(76)86-70(95)106)142-149(117,118)128-17-28-43(37(73)60(134-28)93-14-10-35(100)87-71(93)107)139-145(109,110)129-20-31-47(52(124-5)65(137-31)96-15-11-36(101)88-72(96)108)143-150(119,120)131-21-32-48(53(125-6)66(138-32)99-25-84-41-57(99)90-68(79)92-59(41)104)144-147(113,114)126-16-27-42(102)49(121-2)62(133-27)98-24-83-40-56(98)89-67(78)91-58(40)103/h8-15,22-32,37-38,42-53,60-66,102H,7,16-21H2,1-6H3,(H,109,110)(H,111,112)(H,113,114)(H,115,116)(H,117,118)(H,119,120)(H2,75,85,105)(H2,76,86,106)(H2,77,80,81)(H,87,100,107)(H,88,101,108)(H3,78,89,91,103)(H3,79,90,92,104)/t26-,27-,28-,29-,30-,31-,32-,37+,38+,42?,43?,44?,45?,46?,47?,48?,49+,50+,51+,52+,53+,60-,61-,62-,63-,64-,65-,66-/m1/s1. The predicted molar refractivity (Wildman–Crippen MR) is 485 cm³/mol. The van der Waals surface area contributed by atoms with Gasteiger partial charge in [-0.3, -0.25) is 125 Å². The molecule has 0 bridgehead atoms. The number of nitrogen functional groups attached to an aromatic ring is 5. The first-order chi connectivity index (χ1) is 71.0. The van der Waals surface area contributed by atoms with E-state index in [2.05, 4.69) is 54.8 Å². The molecule has 0 aliphatic carbocycles. The summed E-state index contributed by atoms with van der Waals surface area (Å²) in [6.45, 7) is -6.49. The van der Waals surface area contributed by atoms with Gasteiger partial charge in [0, 0.05) is 72.5 Å². The second-order valence-electron chi connectivity index (χ2n) is 33.5. The number of nitrogens with two attached hydrogens (primary N) is 5. The molecule has 17 heterocycles. The van der Waals surface area contributed by atoms with Gasteiger partial charge in [0.1, 0.15) is 133 Å². The summed E-state index contributed by atoms with van der Waals surface area (Å²) in [5, 5.41) is 11.5. The number of phosphoric ester groups is 6. The topological polar surface area (TPSA) is 946 Å². The Balaban J connectivity index is 0.601. The Bertz CT molecular complexity index is 7490. The number of H-pyrrole nitrogens is 4. The summed E-state index contributed by atoms with van der Waals surface area (Å²) in [6.07, 6.45) is -47.3. The lowest BCUT2D eigenvalue weighted by Crippen LogP contribution is -2.40. The Labute approximate surface area is 831 Å². The largest absolute Gasteiger partial charge is 0.472 e. The number of anilines is 5. The van der Waals surface area contributed by atoms with Crippen LogP contribution in [-0.4, -0.2) is 335 Å². The molecule has 13 unspecified atom stereocenters. The second-order valence-corrected chi connectivity index (χ2v) is 41.9. The van der Waals surface area contributed by atoms with Crippen molar-refractivity contribution in [2.24, 2.45) is 0 Å². The van der Waals surface area contributed by atoms with Crippen LogP contribution in [0.4, 0.5) is 38.1 Å². The van der Waals surface area contributed by atoms with E-state index in [1.165, 1.54) is 23.9 Å². The van der Waals surface area contributed by atoms with Crippen molar-refractivity contribution in [3.8, 4) is 0 Å². The van der Waals surface area contributed by atoms with Crippen LogP contribution < -0.4 is 73.7 Å². The lowest BCUT2D eigenvalue weighted by atomic mass is 10.1. The van der Waals surface area contributed by atoms with Crippen molar-refractivity contribution >= 4 is 110 Å². The average molecular weight is 2250 g/mol. The smallest absolute Gasteiger partial charge is 0.387 e. The maximum atomic E-state index is 17.5. The van der Waals surface area contributed by atoms with E-state index in [0.29, 0.717) is 26.0 Å². The van der Waals surface area contributed by atoms with Gasteiger partial charge < -0.3 is 120 Å². The van der Waals surface area contributed by atoms with Crippen molar-refractivity contribution in [3.05, 3.63) is 158 Å². The van der Waals surface area contributed by atoms with E-state index in [1.54, 1.807) is 6.92 Å². The third kappa shape index (κ3) is 23.1. The Morgan fingerprint density at radius 3 is 1.01 bits per heavy atom. The summed E-state index contributed by atoms with van der Waals surface area (Å²) < 4.78 is 264. The van der Waals surface area contributed by atoms with E-state index in [4.69, 9.17) is 140 Å². The molecule has 7 aliphatic heterocycles. The third-order valence-electron chi connectivity index (χ3n) is 24.3. The van der Waals surface area contributed by atoms with Crippen LogP contribution in [0.1, 0.15) is 56.9 Å². The number of halogens is 2. The number of methoxy groups -OCH3 is 5. The summed E-state index contributed by atoms with van der Waals surface area (Å²) >= 11 is 0. The predicted octanol–water partition coefficient (Wildman–Crippen LogP) is -4.57. The number of nitrogens with one attached hydrogen (secondary N) is 4. The van der Waals surface area contributed by atoms with Gasteiger partial charge >= 0.3 is 69.7 Å². The number of aromatic amines is 4. The van der Waals surface area contributed by atoms with E-state index in [9.17, 15) is 100 Å². The third-order valence-corrected chi connectivity index (χ3v) is 30.2. The first kappa shape index (κ1) is 111. The van der Waals surface area contributed by atoms with Gasteiger partial charge in [0.15, 0.2) is 89.7 Å². The lowest BCUT2D eigenvalue weighted by molar-refractivity contribution is -0.0678. The summed E-state index contributed by atoms with van der Waals surface area (Å²) in [5.74, 6) is -1.54. The van der Waals surface area contributed by atoms with Crippen LogP contribution in [0.2, 0.25) is 0 Å². The zero-order valence-electron chi connectivity index (χ0n) is 77.7. The van der Waals surface area contributed by atoms with Crippen molar-refractivity contribution in [1.29, 1.82) is 0 Å². The molecule has 7 fully saturated rings. The number of aliphatic hydroxyl groups is 1. The van der Waals surface area contributed by atoms with Crippen molar-refractivity contribution in [3.63, 3.8) is 0 Å². The minimum absolute atomic E-state index is 0.0511. The first-order valence-electron chi connectivity index (χ1n) is 43.9. The number of phosphoric acid groups is 6. The second kappa shape index (κ2) is 44.1. The van der Waals surface area contributed by atoms with Gasteiger partial charge in [-0.1, -0.05) is 6.92 Å². The fourth-order valence-electron chi connectivity index (χ4n) is 17.6. The molecule has 0 spiro atoms. The van der Waals surface area contributed by atoms with Gasteiger partial charge in [0.25, 0.3) is 22.2 Å². The number of hydrogen-bond acceptors (Lipinski definition) is 53. The summed E-state index contributed by atoms with van der Waals surface area (Å²) in [4.78, 5) is 218. The maximum absolute atomic E-state index is 17.5. The molecule has 820 valence electrons. The number of alkyl halides is 2. The maximum Gasteiger partial charge on any atom is 0.472 e. The fraction of sp³-hybridized carbons (Fsp3) is 0.569. The molecular weight excluding hydrogens is 2160 g/mol. The normalized spacial score (nSPS) is 32.0. The van der Waals surface area contributed by atoms with Gasteiger partial charge in [0.2, 0.25) is 11.9 Å². The Morgan fingerprint density at radius 2 is 0.640 bits per heavy atom. The SMILES string of the molecule is CC[C@H]1O[C@@H](n2ccc(N)nc2=O)[C@@H](OC)C1OP(=O)(O)OC[C@H]1O[C@@H](n2cnc3c(N)ncnc32)[C@@H](F)C1OP(=O)(O)OC[C@H]1O[C@@H](n2ccc(N)nc2=O)[C@@H](OC)C1OP(=O)(O)OC[C@H]1O[C@@H](n2ccc(=O)[nH]c2=O)[C@@H](F)C1OP(=O)(O)OC[C@H]1O[C@@H](n2ccc(=O)[nH]c2=O)[C@@H](OC)C1OP(=O)(O)OC[C@H]1O[C@@H](n2cnc3c(=O)[nH]c(N)nc32)[C@@H](OC)C1OP(=O)(O)OC[C@H]1O[C@@H](n2cnc3c(=O)[nH]c(N)nc32)[C@@H](OC)C1O. The summed E-state index contributed by atoms with van der Waals surface area (Å²) in [6, 6.07) is 3.79. The summed E-state index contributed by atoms with van der Waals surface area (Å²) in [7, 11) is -30.2. The highest BCUT2D eigenvalue weighted by molar-refractivity contribution is 7.48. The monoisotopic (exact) mass is 2250 g/mol. The highest BCUT2D eigenvalue weighted by Gasteiger charge is 2.61. The van der Waals surface area contributed by atoms with Crippen LogP contribution in [0.5, 0.6) is 0 Å².